The Morgan fingerprint density at radius 1 is 0.956 bits per heavy atom. The number of aliphatic carboxylic acids is 1. The van der Waals surface area contributed by atoms with Gasteiger partial charge in [0.05, 0.1) is 17.0 Å². The number of hydrogen-bond acceptors (Lipinski definition) is 6. The van der Waals surface area contributed by atoms with Crippen LogP contribution < -0.4 is 9.47 Å². The largest absolute Gasteiger partial charge is 0.490 e. The molecule has 1 heterocycles. The van der Waals surface area contributed by atoms with Gasteiger partial charge in [0, 0.05) is 6.54 Å². The third kappa shape index (κ3) is 9.12. The normalized spacial score (nSPS) is 16.9. The van der Waals surface area contributed by atoms with E-state index < -0.39 is 32.3 Å². The highest BCUT2D eigenvalue weighted by Gasteiger charge is 2.41. The van der Waals surface area contributed by atoms with Gasteiger partial charge in [0.25, 0.3) is 0 Å². The van der Waals surface area contributed by atoms with Crippen molar-refractivity contribution < 1.29 is 33.7 Å². The van der Waals surface area contributed by atoms with Crippen LogP contribution in [0.15, 0.2) is 84.9 Å². The van der Waals surface area contributed by atoms with Crippen molar-refractivity contribution in [2.45, 2.75) is 57.5 Å². The van der Waals surface area contributed by atoms with Gasteiger partial charge in [-0.1, -0.05) is 86.1 Å². The van der Waals surface area contributed by atoms with Crippen LogP contribution in [0.1, 0.15) is 37.8 Å². The molecule has 0 aromatic heterocycles. The van der Waals surface area contributed by atoms with Gasteiger partial charge < -0.3 is 29.0 Å². The minimum absolute atomic E-state index is 0.0303. The monoisotopic (exact) mass is 651 g/mol. The van der Waals surface area contributed by atoms with E-state index in [0.29, 0.717) is 48.2 Å². The Morgan fingerprint density at radius 3 is 2.24 bits per heavy atom. The van der Waals surface area contributed by atoms with Crippen LogP contribution in [0.4, 0.5) is 4.79 Å². The number of carbonyl (C=O) groups is 2. The summed E-state index contributed by atoms with van der Waals surface area (Å²) in [5.74, 6) is -0.771. The molecule has 0 saturated heterocycles. The van der Waals surface area contributed by atoms with Crippen molar-refractivity contribution in [3.63, 3.8) is 0 Å². The molecule has 3 aromatic rings. The standard InChI is InChI=1S/C35H42ClNO7Si/c1-35(2,45(3,4)41)19-18-27-22-29(30(33(38)39)23-37(27)34(40)44-24-25-10-6-5-7-11-25)26-14-16-28(17-15-26)42-20-21-43-32-13-9-8-12-31(32)36/h5-17,22,27,30,41H,18-21,23-24H2,1-4H3,(H,38,39). The smallest absolute Gasteiger partial charge is 0.410 e. The van der Waals surface area contributed by atoms with E-state index in [-0.39, 0.29) is 18.2 Å². The summed E-state index contributed by atoms with van der Waals surface area (Å²) in [7, 11) is -2.51. The zero-order chi connectivity index (χ0) is 32.6. The number of nitrogens with zero attached hydrogens (tertiary/aromatic N) is 1. The molecule has 0 radical (unpaired) electrons. The molecule has 0 spiro atoms. The number of carboxylic acid groups (broad SMARTS) is 1. The van der Waals surface area contributed by atoms with Crippen molar-refractivity contribution in [3.8, 4) is 11.5 Å². The van der Waals surface area contributed by atoms with E-state index in [9.17, 15) is 19.5 Å². The molecule has 0 aliphatic carbocycles. The molecule has 240 valence electrons. The predicted octanol–water partition coefficient (Wildman–Crippen LogP) is 7.66. The van der Waals surface area contributed by atoms with Gasteiger partial charge in [0.15, 0.2) is 8.32 Å². The molecule has 0 bridgehead atoms. The van der Waals surface area contributed by atoms with Gasteiger partial charge in [-0.15, -0.1) is 0 Å². The van der Waals surface area contributed by atoms with Gasteiger partial charge in [0.1, 0.15) is 31.3 Å². The van der Waals surface area contributed by atoms with Crippen LogP contribution in [0.2, 0.25) is 23.2 Å². The molecular formula is C35H42ClNO7Si. The van der Waals surface area contributed by atoms with E-state index in [1.54, 1.807) is 24.3 Å². The van der Waals surface area contributed by atoms with E-state index in [0.717, 1.165) is 11.1 Å². The molecule has 0 fully saturated rings. The van der Waals surface area contributed by atoms with Crippen molar-refractivity contribution in [1.29, 1.82) is 0 Å². The maximum absolute atomic E-state index is 13.4. The molecule has 1 amide bonds. The number of hydrogen-bond donors (Lipinski definition) is 2. The maximum Gasteiger partial charge on any atom is 0.410 e. The van der Waals surface area contributed by atoms with Crippen LogP contribution >= 0.6 is 11.6 Å². The Bertz CT molecular complexity index is 1470. The predicted molar refractivity (Wildman–Crippen MR) is 178 cm³/mol. The lowest BCUT2D eigenvalue weighted by Gasteiger charge is -2.40. The Morgan fingerprint density at radius 2 is 1.60 bits per heavy atom. The number of ether oxygens (including phenoxy) is 3. The lowest BCUT2D eigenvalue weighted by Crippen LogP contribution is -2.48. The first kappa shape index (κ1) is 34.1. The van der Waals surface area contributed by atoms with Gasteiger partial charge in [-0.25, -0.2) is 4.79 Å². The lowest BCUT2D eigenvalue weighted by atomic mass is 9.85. The third-order valence-corrected chi connectivity index (χ3v) is 12.5. The van der Waals surface area contributed by atoms with Crippen LogP contribution in [0, 0.1) is 5.92 Å². The van der Waals surface area contributed by atoms with Gasteiger partial charge >= 0.3 is 12.1 Å². The molecule has 8 nitrogen and oxygen atoms in total. The quantitative estimate of drug-likeness (QED) is 0.144. The van der Waals surface area contributed by atoms with Crippen LogP contribution in [0.5, 0.6) is 11.5 Å². The molecular weight excluding hydrogens is 610 g/mol. The molecule has 2 unspecified atom stereocenters. The van der Waals surface area contributed by atoms with E-state index in [2.05, 4.69) is 0 Å². The third-order valence-electron chi connectivity index (χ3n) is 8.62. The summed E-state index contributed by atoms with van der Waals surface area (Å²) in [5, 5.41) is 10.5. The van der Waals surface area contributed by atoms with Gasteiger partial charge in [-0.3, -0.25) is 4.79 Å². The first-order valence-corrected chi connectivity index (χ1v) is 18.4. The maximum atomic E-state index is 13.4. The second-order valence-electron chi connectivity index (χ2n) is 12.4. The molecule has 1 aliphatic rings. The summed E-state index contributed by atoms with van der Waals surface area (Å²) >= 11 is 6.13. The topological polar surface area (TPSA) is 106 Å². The summed E-state index contributed by atoms with van der Waals surface area (Å²) in [6.07, 6.45) is 2.51. The second-order valence-corrected chi connectivity index (χ2v) is 17.3. The van der Waals surface area contributed by atoms with Crippen LogP contribution in [0.25, 0.3) is 5.57 Å². The SMILES string of the molecule is CC(C)(CCC1C=C(c2ccc(OCCOc3ccccc3Cl)cc2)C(C(=O)O)CN1C(=O)OCc1ccccc1)[Si](C)(C)O. The summed E-state index contributed by atoms with van der Waals surface area (Å²) in [6.45, 7) is 8.57. The first-order valence-electron chi connectivity index (χ1n) is 15.1. The second kappa shape index (κ2) is 15.0. The molecule has 0 saturated carbocycles. The highest BCUT2D eigenvalue weighted by Crippen LogP contribution is 2.42. The number of rotatable bonds is 13. The Balaban J connectivity index is 1.51. The van der Waals surface area contributed by atoms with Crippen LogP contribution in [0.3, 0.4) is 0 Å². The molecule has 45 heavy (non-hydrogen) atoms. The van der Waals surface area contributed by atoms with Gasteiger partial charge in [-0.05, 0) is 71.9 Å². The van der Waals surface area contributed by atoms with Crippen molar-refractivity contribution >= 4 is 37.6 Å². The number of carbonyl (C=O) groups excluding carboxylic acids is 1. The fourth-order valence-electron chi connectivity index (χ4n) is 5.03. The zero-order valence-corrected chi connectivity index (χ0v) is 28.0. The van der Waals surface area contributed by atoms with Crippen molar-refractivity contribution in [1.82, 2.24) is 4.90 Å². The minimum atomic E-state index is -2.51. The number of para-hydroxylation sites is 1. The summed E-state index contributed by atoms with van der Waals surface area (Å²) < 4.78 is 17.2. The molecule has 10 heteroatoms. The Hall–Kier alpha value is -3.79. The average Bonchev–Trinajstić information content (AvgIpc) is 3.01. The fourth-order valence-corrected chi connectivity index (χ4v) is 5.98. The Labute approximate surface area is 271 Å². The Kier molecular flexibility index (Phi) is 11.4. The van der Waals surface area contributed by atoms with Gasteiger partial charge in [-0.2, -0.15) is 0 Å². The number of carboxylic acids is 1. The van der Waals surface area contributed by atoms with Gasteiger partial charge in [0.2, 0.25) is 0 Å². The zero-order valence-electron chi connectivity index (χ0n) is 26.2. The molecule has 4 rings (SSSR count). The summed E-state index contributed by atoms with van der Waals surface area (Å²) in [4.78, 5) is 38.3. The van der Waals surface area contributed by atoms with E-state index >= 15 is 0 Å². The number of benzene rings is 3. The van der Waals surface area contributed by atoms with E-state index in [1.807, 2.05) is 87.6 Å². The number of halogens is 1. The molecule has 1 aliphatic heterocycles. The minimum Gasteiger partial charge on any atom is -0.490 e. The number of amides is 1. The van der Waals surface area contributed by atoms with E-state index in [1.165, 1.54) is 4.90 Å². The van der Waals surface area contributed by atoms with Crippen LogP contribution in [-0.2, 0) is 16.1 Å². The van der Waals surface area contributed by atoms with Crippen molar-refractivity contribution in [2.75, 3.05) is 19.8 Å². The molecule has 2 atom stereocenters. The van der Waals surface area contributed by atoms with E-state index in [4.69, 9.17) is 25.8 Å². The van der Waals surface area contributed by atoms with Crippen molar-refractivity contribution in [2.24, 2.45) is 5.92 Å². The highest BCUT2D eigenvalue weighted by molar-refractivity contribution is 6.72. The highest BCUT2D eigenvalue weighted by atomic mass is 35.5. The van der Waals surface area contributed by atoms with Crippen molar-refractivity contribution in [3.05, 3.63) is 101 Å². The summed E-state index contributed by atoms with van der Waals surface area (Å²) in [5.41, 5.74) is 2.21. The summed E-state index contributed by atoms with van der Waals surface area (Å²) in [6, 6.07) is 23.4. The fraction of sp³-hybridized carbons (Fsp3) is 0.371. The lowest BCUT2D eigenvalue weighted by molar-refractivity contribution is -0.140. The average molecular weight is 652 g/mol. The van der Waals surface area contributed by atoms with Crippen LogP contribution in [-0.4, -0.2) is 61.0 Å². The molecule has 2 N–H and O–H groups in total. The first-order chi connectivity index (χ1) is 21.4. The molecule has 3 aromatic carbocycles.